The number of hydrogen-bond acceptors (Lipinski definition) is 5. The van der Waals surface area contributed by atoms with Crippen LogP contribution in [0.1, 0.15) is 5.82 Å². The van der Waals surface area contributed by atoms with Gasteiger partial charge in [0.1, 0.15) is 5.82 Å². The number of sulfonamides is 1. The Morgan fingerprint density at radius 2 is 1.70 bits per heavy atom. The molecule has 4 rings (SSSR count). The topological polar surface area (TPSA) is 89.8 Å². The van der Waals surface area contributed by atoms with E-state index >= 15 is 0 Å². The van der Waals surface area contributed by atoms with Gasteiger partial charge in [-0.15, -0.1) is 5.10 Å². The minimum absolute atomic E-state index is 0.112. The third kappa shape index (κ3) is 3.55. The molecule has 0 saturated carbocycles. The lowest BCUT2D eigenvalue weighted by atomic mass is 10.1. The van der Waals surface area contributed by atoms with Crippen LogP contribution in [0.25, 0.3) is 16.5 Å². The molecule has 0 aliphatic carbocycles. The molecule has 1 heterocycles. The van der Waals surface area contributed by atoms with Gasteiger partial charge in [0.05, 0.1) is 17.1 Å². The molecule has 0 aliphatic rings. The van der Waals surface area contributed by atoms with Crippen molar-refractivity contribution in [1.29, 1.82) is 0 Å². The number of tetrazole rings is 1. The van der Waals surface area contributed by atoms with E-state index < -0.39 is 10.0 Å². The van der Waals surface area contributed by atoms with Crippen molar-refractivity contribution in [3.63, 3.8) is 0 Å². The first-order valence-corrected chi connectivity index (χ1v) is 9.53. The van der Waals surface area contributed by atoms with Crippen molar-refractivity contribution >= 4 is 20.8 Å². The van der Waals surface area contributed by atoms with Crippen LogP contribution in [0.15, 0.2) is 71.6 Å². The van der Waals surface area contributed by atoms with Crippen molar-refractivity contribution in [1.82, 2.24) is 24.9 Å². The Balaban J connectivity index is 1.57. The highest BCUT2D eigenvalue weighted by Gasteiger charge is 2.17. The van der Waals surface area contributed by atoms with E-state index in [9.17, 15) is 12.8 Å². The smallest absolute Gasteiger partial charge is 0.207 e. The zero-order valence-corrected chi connectivity index (χ0v) is 14.8. The number of rotatable bonds is 5. The Hall–Kier alpha value is -3.17. The van der Waals surface area contributed by atoms with E-state index in [1.807, 2.05) is 24.3 Å². The van der Waals surface area contributed by atoms with Crippen molar-refractivity contribution in [2.75, 3.05) is 0 Å². The van der Waals surface area contributed by atoms with Crippen LogP contribution in [0.4, 0.5) is 4.39 Å². The van der Waals surface area contributed by atoms with Crippen molar-refractivity contribution < 1.29 is 12.8 Å². The monoisotopic (exact) mass is 383 g/mol. The van der Waals surface area contributed by atoms with Gasteiger partial charge in [-0.25, -0.2) is 17.5 Å². The highest BCUT2D eigenvalue weighted by Crippen LogP contribution is 2.19. The number of hydrogen-bond donors (Lipinski definition) is 1. The fourth-order valence-corrected chi connectivity index (χ4v) is 3.69. The Kier molecular flexibility index (Phi) is 4.38. The van der Waals surface area contributed by atoms with Gasteiger partial charge in [0, 0.05) is 0 Å². The SMILES string of the molecule is O=S(=O)(NCc1nnnn1-c1ccc(F)cc1)c1ccc2ccccc2c1. The van der Waals surface area contributed by atoms with E-state index in [0.29, 0.717) is 5.69 Å². The average molecular weight is 383 g/mol. The molecule has 0 saturated heterocycles. The lowest BCUT2D eigenvalue weighted by molar-refractivity contribution is 0.578. The summed E-state index contributed by atoms with van der Waals surface area (Å²) in [5.41, 5.74) is 0.529. The first-order chi connectivity index (χ1) is 13.0. The predicted octanol–water partition coefficient (Wildman–Crippen LogP) is 2.43. The maximum Gasteiger partial charge on any atom is 0.240 e. The zero-order chi connectivity index (χ0) is 18.9. The molecule has 1 aromatic heterocycles. The molecule has 9 heteroatoms. The predicted molar refractivity (Wildman–Crippen MR) is 97.1 cm³/mol. The van der Waals surface area contributed by atoms with Crippen LogP contribution in [0, 0.1) is 5.82 Å². The second-order valence-electron chi connectivity index (χ2n) is 5.82. The molecule has 0 aliphatic heterocycles. The van der Waals surface area contributed by atoms with Crippen LogP contribution in [0.2, 0.25) is 0 Å². The number of fused-ring (bicyclic) bond motifs is 1. The number of aromatic nitrogens is 4. The molecule has 0 bridgehead atoms. The molecular formula is C18H14FN5O2S. The van der Waals surface area contributed by atoms with E-state index in [1.165, 1.54) is 28.9 Å². The molecule has 0 unspecified atom stereocenters. The standard InChI is InChI=1S/C18H14FN5O2S/c19-15-6-8-16(9-7-15)24-18(21-22-23-24)12-20-27(25,26)17-10-5-13-3-1-2-4-14(13)11-17/h1-11,20H,12H2. The quantitative estimate of drug-likeness (QED) is 0.572. The van der Waals surface area contributed by atoms with Crippen molar-refractivity contribution in [3.8, 4) is 5.69 Å². The van der Waals surface area contributed by atoms with Crippen molar-refractivity contribution in [2.24, 2.45) is 0 Å². The van der Waals surface area contributed by atoms with Crippen LogP contribution in [0.5, 0.6) is 0 Å². The molecule has 3 aromatic carbocycles. The fraction of sp³-hybridized carbons (Fsp3) is 0.0556. The van der Waals surface area contributed by atoms with Gasteiger partial charge in [-0.05, 0) is 57.6 Å². The molecule has 136 valence electrons. The number of nitrogens with one attached hydrogen (secondary N) is 1. The molecule has 0 radical (unpaired) electrons. The van der Waals surface area contributed by atoms with E-state index in [2.05, 4.69) is 20.2 Å². The van der Waals surface area contributed by atoms with Crippen LogP contribution in [-0.2, 0) is 16.6 Å². The van der Waals surface area contributed by atoms with E-state index in [1.54, 1.807) is 18.2 Å². The Morgan fingerprint density at radius 1 is 0.963 bits per heavy atom. The summed E-state index contributed by atoms with van der Waals surface area (Å²) >= 11 is 0. The molecule has 27 heavy (non-hydrogen) atoms. The summed E-state index contributed by atoms with van der Waals surface area (Å²) in [5.74, 6) is -0.101. The van der Waals surface area contributed by atoms with E-state index in [-0.39, 0.29) is 23.1 Å². The zero-order valence-electron chi connectivity index (χ0n) is 13.9. The first-order valence-electron chi connectivity index (χ1n) is 8.05. The molecule has 1 N–H and O–H groups in total. The van der Waals surface area contributed by atoms with Gasteiger partial charge in [-0.1, -0.05) is 30.3 Å². The maximum atomic E-state index is 13.1. The summed E-state index contributed by atoms with van der Waals surface area (Å²) in [7, 11) is -3.75. The number of halogens is 1. The van der Waals surface area contributed by atoms with Crippen LogP contribution in [-0.4, -0.2) is 28.6 Å². The van der Waals surface area contributed by atoms with Crippen LogP contribution >= 0.6 is 0 Å². The summed E-state index contributed by atoms with van der Waals surface area (Å²) in [4.78, 5) is 0.155. The maximum absolute atomic E-state index is 13.1. The minimum atomic E-state index is -3.75. The summed E-state index contributed by atoms with van der Waals surface area (Å²) < 4.78 is 42.2. The van der Waals surface area contributed by atoms with Gasteiger partial charge >= 0.3 is 0 Å². The molecule has 0 atom stereocenters. The molecule has 0 amide bonds. The normalized spacial score (nSPS) is 11.7. The summed E-state index contributed by atoms with van der Waals surface area (Å²) in [5, 5.41) is 13.0. The highest BCUT2D eigenvalue weighted by atomic mass is 32.2. The molecule has 0 fully saturated rings. The Bertz CT molecular complexity index is 1210. The summed E-state index contributed by atoms with van der Waals surface area (Å²) in [6.45, 7) is -0.112. The molecule has 0 spiro atoms. The Morgan fingerprint density at radius 3 is 2.48 bits per heavy atom. The van der Waals surface area contributed by atoms with Gasteiger partial charge in [0.15, 0.2) is 5.82 Å². The van der Waals surface area contributed by atoms with Gasteiger partial charge in [0.2, 0.25) is 10.0 Å². The third-order valence-corrected chi connectivity index (χ3v) is 5.46. The largest absolute Gasteiger partial charge is 0.240 e. The van der Waals surface area contributed by atoms with Gasteiger partial charge < -0.3 is 0 Å². The molecule has 7 nitrogen and oxygen atoms in total. The van der Waals surface area contributed by atoms with Gasteiger partial charge in [0.25, 0.3) is 0 Å². The van der Waals surface area contributed by atoms with Crippen LogP contribution < -0.4 is 4.72 Å². The van der Waals surface area contributed by atoms with Crippen molar-refractivity contribution in [3.05, 3.63) is 78.4 Å². The highest BCUT2D eigenvalue weighted by molar-refractivity contribution is 7.89. The van der Waals surface area contributed by atoms with Gasteiger partial charge in [-0.2, -0.15) is 4.68 Å². The number of nitrogens with zero attached hydrogens (tertiary/aromatic N) is 4. The summed E-state index contributed by atoms with van der Waals surface area (Å²) in [6.07, 6.45) is 0. The second-order valence-corrected chi connectivity index (χ2v) is 7.58. The van der Waals surface area contributed by atoms with E-state index in [4.69, 9.17) is 0 Å². The van der Waals surface area contributed by atoms with Gasteiger partial charge in [-0.3, -0.25) is 0 Å². The number of benzene rings is 3. The minimum Gasteiger partial charge on any atom is -0.207 e. The second kappa shape index (κ2) is 6.86. The van der Waals surface area contributed by atoms with Crippen LogP contribution in [0.3, 0.4) is 0 Å². The lowest BCUT2D eigenvalue weighted by Gasteiger charge is -2.08. The lowest BCUT2D eigenvalue weighted by Crippen LogP contribution is -2.25. The van der Waals surface area contributed by atoms with Crippen molar-refractivity contribution in [2.45, 2.75) is 11.4 Å². The van der Waals surface area contributed by atoms with E-state index in [0.717, 1.165) is 10.8 Å². The third-order valence-electron chi connectivity index (χ3n) is 4.06. The average Bonchev–Trinajstić information content (AvgIpc) is 3.15. The Labute approximate surface area is 154 Å². The molecular weight excluding hydrogens is 369 g/mol. The molecule has 4 aromatic rings. The summed E-state index contributed by atoms with van der Waals surface area (Å²) in [6, 6.07) is 18.0. The first kappa shape index (κ1) is 17.3. The fourth-order valence-electron chi connectivity index (χ4n) is 2.68.